The van der Waals surface area contributed by atoms with E-state index in [4.69, 9.17) is 10.5 Å². The number of benzene rings is 3. The first-order valence-corrected chi connectivity index (χ1v) is 13.3. The number of aromatic nitrogens is 3. The smallest absolute Gasteiger partial charge is 0.255 e. The third-order valence-corrected chi connectivity index (χ3v) is 7.65. The summed E-state index contributed by atoms with van der Waals surface area (Å²) in [6.07, 6.45) is 3.86. The van der Waals surface area contributed by atoms with Crippen LogP contribution in [-0.2, 0) is 12.0 Å². The summed E-state index contributed by atoms with van der Waals surface area (Å²) in [5.41, 5.74) is 11.1. The molecule has 3 N–H and O–H groups in total. The van der Waals surface area contributed by atoms with Gasteiger partial charge in [0.1, 0.15) is 22.8 Å². The SMILES string of the molecule is COc1cc(C)c(Cc2cnn3nc(-c4ccc(F)cc4)c(C(N)=O)c3c2)cc1C(=O)NC1(c2ccccc2)CC1. The summed E-state index contributed by atoms with van der Waals surface area (Å²) in [7, 11) is 1.55. The van der Waals surface area contributed by atoms with E-state index in [1.807, 2.05) is 55.5 Å². The molecule has 2 heterocycles. The van der Waals surface area contributed by atoms with Crippen molar-refractivity contribution < 1.29 is 18.7 Å². The first-order valence-electron chi connectivity index (χ1n) is 13.3. The number of nitrogens with one attached hydrogen (secondary N) is 1. The van der Waals surface area contributed by atoms with Gasteiger partial charge in [0.25, 0.3) is 11.8 Å². The molecule has 3 aromatic carbocycles. The molecular formula is C32H28FN5O3. The maximum absolute atomic E-state index is 13.5. The van der Waals surface area contributed by atoms with Gasteiger partial charge in [0, 0.05) is 5.56 Å². The first-order chi connectivity index (χ1) is 19.8. The van der Waals surface area contributed by atoms with Gasteiger partial charge in [-0.1, -0.05) is 30.3 Å². The molecule has 9 heteroatoms. The number of rotatable bonds is 8. The number of halogens is 1. The fourth-order valence-corrected chi connectivity index (χ4v) is 5.26. The molecule has 0 radical (unpaired) electrons. The highest BCUT2D eigenvalue weighted by atomic mass is 19.1. The van der Waals surface area contributed by atoms with Crippen LogP contribution in [-0.4, -0.2) is 33.8 Å². The van der Waals surface area contributed by atoms with Crippen LogP contribution in [0.3, 0.4) is 0 Å². The number of ether oxygens (including phenoxy) is 1. The molecule has 206 valence electrons. The fourth-order valence-electron chi connectivity index (χ4n) is 5.26. The highest BCUT2D eigenvalue weighted by Crippen LogP contribution is 2.45. The number of carbonyl (C=O) groups is 2. The number of amides is 2. The van der Waals surface area contributed by atoms with Crippen LogP contribution >= 0.6 is 0 Å². The van der Waals surface area contributed by atoms with Crippen LogP contribution in [0.4, 0.5) is 4.39 Å². The van der Waals surface area contributed by atoms with Crippen molar-refractivity contribution in [2.24, 2.45) is 5.73 Å². The number of nitrogens with two attached hydrogens (primary N) is 1. The van der Waals surface area contributed by atoms with Crippen molar-refractivity contribution in [2.75, 3.05) is 7.11 Å². The lowest BCUT2D eigenvalue weighted by atomic mass is 9.97. The van der Waals surface area contributed by atoms with Crippen LogP contribution in [0.1, 0.15) is 55.8 Å². The monoisotopic (exact) mass is 549 g/mol. The molecule has 0 saturated heterocycles. The number of aryl methyl sites for hydroxylation is 1. The van der Waals surface area contributed by atoms with E-state index >= 15 is 0 Å². The molecule has 1 aliphatic rings. The minimum Gasteiger partial charge on any atom is -0.496 e. The molecule has 0 bridgehead atoms. The Morgan fingerprint density at radius 2 is 1.80 bits per heavy atom. The maximum atomic E-state index is 13.5. The Kier molecular flexibility index (Phi) is 6.49. The van der Waals surface area contributed by atoms with Gasteiger partial charge in [-0.25, -0.2) is 4.39 Å². The Labute approximate surface area is 236 Å². The number of primary amides is 1. The highest BCUT2D eigenvalue weighted by molar-refractivity contribution is 6.05. The minimum absolute atomic E-state index is 0.200. The quantitative estimate of drug-likeness (QED) is 0.284. The Morgan fingerprint density at radius 1 is 1.07 bits per heavy atom. The number of methoxy groups -OCH3 is 1. The van der Waals surface area contributed by atoms with E-state index in [0.29, 0.717) is 34.5 Å². The number of hydrogen-bond donors (Lipinski definition) is 2. The lowest BCUT2D eigenvalue weighted by molar-refractivity contribution is 0.0926. The molecule has 0 spiro atoms. The third-order valence-electron chi connectivity index (χ3n) is 7.65. The Balaban J connectivity index is 1.33. The van der Waals surface area contributed by atoms with Crippen molar-refractivity contribution >= 4 is 17.3 Å². The van der Waals surface area contributed by atoms with Gasteiger partial charge in [0.15, 0.2) is 0 Å². The standard InChI is InChI=1S/C32H28FN5O3/c1-19-14-27(41-2)25(31(40)36-32(12-13-32)23-6-4-3-5-7-23)17-22(19)15-20-16-26-28(30(34)39)29(37-38(26)35-18-20)21-8-10-24(33)11-9-21/h3-11,14,16-18H,12-13,15H2,1-2H3,(H2,34,39)(H,36,40). The van der Waals surface area contributed by atoms with E-state index in [9.17, 15) is 14.0 Å². The molecule has 0 unspecified atom stereocenters. The van der Waals surface area contributed by atoms with Crippen LogP contribution in [0.25, 0.3) is 16.8 Å². The molecule has 0 atom stereocenters. The molecule has 1 aliphatic carbocycles. The molecule has 5 aromatic rings. The second kappa shape index (κ2) is 10.2. The van der Waals surface area contributed by atoms with Crippen molar-refractivity contribution in [3.8, 4) is 17.0 Å². The van der Waals surface area contributed by atoms with Gasteiger partial charge in [0.05, 0.1) is 30.0 Å². The van der Waals surface area contributed by atoms with Gasteiger partial charge in [0.2, 0.25) is 0 Å². The molecule has 1 saturated carbocycles. The summed E-state index contributed by atoms with van der Waals surface area (Å²) in [5.74, 6) is -0.759. The van der Waals surface area contributed by atoms with E-state index in [1.165, 1.54) is 16.8 Å². The van der Waals surface area contributed by atoms with E-state index in [1.54, 1.807) is 25.4 Å². The lowest BCUT2D eigenvalue weighted by Gasteiger charge is -2.20. The molecule has 41 heavy (non-hydrogen) atoms. The number of fused-ring (bicyclic) bond motifs is 1. The number of hydrogen-bond acceptors (Lipinski definition) is 5. The van der Waals surface area contributed by atoms with Gasteiger partial charge >= 0.3 is 0 Å². The summed E-state index contributed by atoms with van der Waals surface area (Å²) in [5, 5.41) is 12.1. The topological polar surface area (TPSA) is 112 Å². The van der Waals surface area contributed by atoms with Gasteiger partial charge in [-0.2, -0.15) is 9.73 Å². The minimum atomic E-state index is -0.662. The van der Waals surface area contributed by atoms with Gasteiger partial charge in [-0.15, -0.1) is 5.10 Å². The van der Waals surface area contributed by atoms with Crippen LogP contribution in [0, 0.1) is 12.7 Å². The maximum Gasteiger partial charge on any atom is 0.255 e. The summed E-state index contributed by atoms with van der Waals surface area (Å²) in [6.45, 7) is 1.96. The molecule has 1 fully saturated rings. The largest absolute Gasteiger partial charge is 0.496 e. The second-order valence-corrected chi connectivity index (χ2v) is 10.4. The third kappa shape index (κ3) is 4.91. The van der Waals surface area contributed by atoms with Crippen LogP contribution in [0.2, 0.25) is 0 Å². The summed E-state index contributed by atoms with van der Waals surface area (Å²) < 4.78 is 20.4. The zero-order valence-corrected chi connectivity index (χ0v) is 22.6. The average molecular weight is 550 g/mol. The van der Waals surface area contributed by atoms with Gasteiger partial charge in [-0.3, -0.25) is 9.59 Å². The Bertz CT molecular complexity index is 1790. The predicted octanol–water partition coefficient (Wildman–Crippen LogP) is 4.96. The van der Waals surface area contributed by atoms with Gasteiger partial charge < -0.3 is 15.8 Å². The van der Waals surface area contributed by atoms with Crippen LogP contribution in [0.5, 0.6) is 5.75 Å². The van der Waals surface area contributed by atoms with Crippen molar-refractivity contribution in [3.05, 3.63) is 118 Å². The van der Waals surface area contributed by atoms with E-state index < -0.39 is 11.7 Å². The van der Waals surface area contributed by atoms with E-state index in [2.05, 4.69) is 15.5 Å². The zero-order chi connectivity index (χ0) is 28.7. The average Bonchev–Trinajstić information content (AvgIpc) is 3.65. The molecular weight excluding hydrogens is 521 g/mol. The van der Waals surface area contributed by atoms with Crippen LogP contribution < -0.4 is 15.8 Å². The number of carbonyl (C=O) groups excluding carboxylic acids is 2. The first kappa shape index (κ1) is 26.2. The predicted molar refractivity (Wildman–Crippen MR) is 152 cm³/mol. The van der Waals surface area contributed by atoms with Crippen molar-refractivity contribution in [1.29, 1.82) is 0 Å². The Morgan fingerprint density at radius 3 is 2.46 bits per heavy atom. The molecule has 0 aliphatic heterocycles. The summed E-state index contributed by atoms with van der Waals surface area (Å²) >= 11 is 0. The van der Waals surface area contributed by atoms with Crippen molar-refractivity contribution in [2.45, 2.75) is 31.7 Å². The zero-order valence-electron chi connectivity index (χ0n) is 22.6. The normalized spacial score (nSPS) is 13.6. The molecule has 2 amide bonds. The summed E-state index contributed by atoms with van der Waals surface area (Å²) in [4.78, 5) is 26.0. The molecule has 2 aromatic heterocycles. The second-order valence-electron chi connectivity index (χ2n) is 10.4. The fraction of sp³-hybridized carbons (Fsp3) is 0.188. The van der Waals surface area contributed by atoms with Crippen molar-refractivity contribution in [1.82, 2.24) is 20.1 Å². The van der Waals surface area contributed by atoms with Gasteiger partial charge in [-0.05, 0) is 90.9 Å². The van der Waals surface area contributed by atoms with Crippen molar-refractivity contribution in [3.63, 3.8) is 0 Å². The number of nitrogens with zero attached hydrogens (tertiary/aromatic N) is 3. The van der Waals surface area contributed by atoms with Crippen LogP contribution in [0.15, 0.2) is 79.0 Å². The highest BCUT2D eigenvalue weighted by Gasteiger charge is 2.46. The Hall–Kier alpha value is -5.05. The molecule has 8 nitrogen and oxygen atoms in total. The molecule has 6 rings (SSSR count). The van der Waals surface area contributed by atoms with E-state index in [0.717, 1.165) is 35.1 Å². The lowest BCUT2D eigenvalue weighted by Crippen LogP contribution is -2.35. The summed E-state index contributed by atoms with van der Waals surface area (Å²) in [6, 6.07) is 21.2. The van der Waals surface area contributed by atoms with E-state index in [-0.39, 0.29) is 17.0 Å².